The van der Waals surface area contributed by atoms with E-state index in [1.54, 1.807) is 0 Å². The average Bonchev–Trinajstić information content (AvgIpc) is 2.37. The summed E-state index contributed by atoms with van der Waals surface area (Å²) >= 11 is 14.8. The van der Waals surface area contributed by atoms with E-state index in [9.17, 15) is 12.8 Å². The normalized spacial score (nSPS) is 11.4. The average molecular weight is 414 g/mol. The van der Waals surface area contributed by atoms with E-state index < -0.39 is 15.8 Å². The Kier molecular flexibility index (Phi) is 4.67. The zero-order valence-electron chi connectivity index (χ0n) is 10.2. The molecule has 0 aromatic heterocycles. The summed E-state index contributed by atoms with van der Waals surface area (Å²) in [4.78, 5) is -0.0698. The second-order valence-electron chi connectivity index (χ2n) is 4.03. The van der Waals surface area contributed by atoms with E-state index in [-0.39, 0.29) is 26.3 Å². The molecule has 0 atom stereocenters. The second-order valence-corrected chi connectivity index (χ2v) is 7.38. The molecule has 0 bridgehead atoms. The summed E-state index contributed by atoms with van der Waals surface area (Å²) < 4.78 is 40.4. The fourth-order valence-corrected chi connectivity index (χ4v) is 3.57. The fourth-order valence-electron chi connectivity index (χ4n) is 1.52. The quantitative estimate of drug-likeness (QED) is 0.737. The molecule has 4 nitrogen and oxygen atoms in total. The first-order valence-electron chi connectivity index (χ1n) is 5.43. The summed E-state index contributed by atoms with van der Waals surface area (Å²) in [5.74, 6) is -0.666. The van der Waals surface area contributed by atoms with Gasteiger partial charge in [0.25, 0.3) is 10.0 Å². The van der Waals surface area contributed by atoms with E-state index in [1.165, 1.54) is 18.2 Å². The van der Waals surface area contributed by atoms with Crippen molar-refractivity contribution < 1.29 is 12.8 Å². The molecule has 0 unspecified atom stereocenters. The Hall–Kier alpha value is -1.02. The minimum atomic E-state index is -3.95. The van der Waals surface area contributed by atoms with Crippen molar-refractivity contribution in [2.24, 2.45) is 0 Å². The van der Waals surface area contributed by atoms with Gasteiger partial charge in [-0.1, -0.05) is 23.2 Å². The summed E-state index contributed by atoms with van der Waals surface area (Å²) in [7, 11) is -3.95. The number of hydrogen-bond donors (Lipinski definition) is 2. The van der Waals surface area contributed by atoms with Gasteiger partial charge in [0, 0.05) is 10.2 Å². The molecular weight excluding hydrogens is 406 g/mol. The summed E-state index contributed by atoms with van der Waals surface area (Å²) in [5.41, 5.74) is 5.81. The first-order valence-corrected chi connectivity index (χ1v) is 8.46. The van der Waals surface area contributed by atoms with Crippen LogP contribution >= 0.6 is 39.1 Å². The molecule has 0 amide bonds. The van der Waals surface area contributed by atoms with Gasteiger partial charge in [0.2, 0.25) is 0 Å². The third-order valence-electron chi connectivity index (χ3n) is 2.52. The number of nitrogen functional groups attached to an aromatic ring is 1. The number of rotatable bonds is 3. The highest BCUT2D eigenvalue weighted by Crippen LogP contribution is 2.33. The minimum Gasteiger partial charge on any atom is -0.398 e. The van der Waals surface area contributed by atoms with Gasteiger partial charge in [0.1, 0.15) is 5.82 Å². The Balaban J connectivity index is 2.44. The number of halogens is 4. The SMILES string of the molecule is Nc1cc(S(=O)(=O)Nc2c(Cl)cc(F)cc2Cl)ccc1Br. The smallest absolute Gasteiger partial charge is 0.262 e. The van der Waals surface area contributed by atoms with Crippen molar-refractivity contribution in [3.05, 3.63) is 50.7 Å². The van der Waals surface area contributed by atoms with Crippen LogP contribution < -0.4 is 10.5 Å². The van der Waals surface area contributed by atoms with E-state index >= 15 is 0 Å². The molecule has 0 aliphatic carbocycles. The Morgan fingerprint density at radius 3 is 2.24 bits per heavy atom. The zero-order chi connectivity index (χ0) is 15.8. The molecule has 0 saturated heterocycles. The molecule has 3 N–H and O–H groups in total. The van der Waals surface area contributed by atoms with Crippen molar-refractivity contribution in [2.45, 2.75) is 4.90 Å². The zero-order valence-corrected chi connectivity index (χ0v) is 14.1. The molecule has 0 heterocycles. The standard InChI is InChI=1S/C12H8BrCl2FN2O2S/c13-8-2-1-7(5-11(8)17)21(19,20)18-12-9(14)3-6(16)4-10(12)15/h1-5,18H,17H2. The molecule has 21 heavy (non-hydrogen) atoms. The molecule has 0 aliphatic heterocycles. The molecule has 0 radical (unpaired) electrons. The van der Waals surface area contributed by atoms with E-state index in [0.29, 0.717) is 4.47 Å². The van der Waals surface area contributed by atoms with Crippen LogP contribution in [0.25, 0.3) is 0 Å². The van der Waals surface area contributed by atoms with Crippen molar-refractivity contribution in [3.8, 4) is 0 Å². The molecule has 112 valence electrons. The third kappa shape index (κ3) is 3.60. The predicted molar refractivity (Wildman–Crippen MR) is 85.8 cm³/mol. The van der Waals surface area contributed by atoms with E-state index in [4.69, 9.17) is 28.9 Å². The Bertz CT molecular complexity index is 792. The molecule has 0 spiro atoms. The highest BCUT2D eigenvalue weighted by Gasteiger charge is 2.19. The van der Waals surface area contributed by atoms with Crippen LogP contribution in [0.2, 0.25) is 10.0 Å². The van der Waals surface area contributed by atoms with Crippen LogP contribution in [0, 0.1) is 5.82 Å². The van der Waals surface area contributed by atoms with Gasteiger partial charge >= 0.3 is 0 Å². The van der Waals surface area contributed by atoms with Crippen molar-refractivity contribution >= 4 is 60.5 Å². The molecule has 0 fully saturated rings. The molecule has 9 heteroatoms. The fraction of sp³-hybridized carbons (Fsp3) is 0. The third-order valence-corrected chi connectivity index (χ3v) is 5.19. The van der Waals surface area contributed by atoms with Gasteiger partial charge in [-0.15, -0.1) is 0 Å². The first kappa shape index (κ1) is 16.4. The van der Waals surface area contributed by atoms with Gasteiger partial charge < -0.3 is 5.73 Å². The van der Waals surface area contributed by atoms with Crippen molar-refractivity contribution in [3.63, 3.8) is 0 Å². The summed E-state index contributed by atoms with van der Waals surface area (Å²) in [6, 6.07) is 6.05. The largest absolute Gasteiger partial charge is 0.398 e. The van der Waals surface area contributed by atoms with Gasteiger partial charge in [0.05, 0.1) is 20.6 Å². The first-order chi connectivity index (χ1) is 9.70. The topological polar surface area (TPSA) is 72.2 Å². The van der Waals surface area contributed by atoms with E-state index in [2.05, 4.69) is 20.7 Å². The van der Waals surface area contributed by atoms with Crippen molar-refractivity contribution in [2.75, 3.05) is 10.5 Å². The minimum absolute atomic E-state index is 0.0698. The summed E-state index contributed by atoms with van der Waals surface area (Å²) in [5, 5.41) is -0.290. The summed E-state index contributed by atoms with van der Waals surface area (Å²) in [6.07, 6.45) is 0. The number of sulfonamides is 1. The molecule has 2 aromatic rings. The molecule has 0 aliphatic rings. The molecule has 2 aromatic carbocycles. The number of nitrogens with two attached hydrogens (primary N) is 1. The highest BCUT2D eigenvalue weighted by atomic mass is 79.9. The van der Waals surface area contributed by atoms with Gasteiger partial charge in [-0.25, -0.2) is 12.8 Å². The van der Waals surface area contributed by atoms with Crippen molar-refractivity contribution in [1.82, 2.24) is 0 Å². The maximum Gasteiger partial charge on any atom is 0.262 e. The molecule has 0 saturated carbocycles. The Morgan fingerprint density at radius 1 is 1.14 bits per heavy atom. The van der Waals surface area contributed by atoms with Gasteiger partial charge in [-0.2, -0.15) is 0 Å². The lowest BCUT2D eigenvalue weighted by Gasteiger charge is -2.12. The lowest BCUT2D eigenvalue weighted by atomic mass is 10.3. The lowest BCUT2D eigenvalue weighted by molar-refractivity contribution is 0.601. The van der Waals surface area contributed by atoms with Crippen LogP contribution in [-0.2, 0) is 10.0 Å². The number of hydrogen-bond acceptors (Lipinski definition) is 3. The molecule has 2 rings (SSSR count). The van der Waals surface area contributed by atoms with Crippen molar-refractivity contribution in [1.29, 1.82) is 0 Å². The van der Waals surface area contributed by atoms with E-state index in [0.717, 1.165) is 12.1 Å². The maximum absolute atomic E-state index is 13.1. The predicted octanol–water partition coefficient (Wildman–Crippen LogP) is 4.28. The number of benzene rings is 2. The van der Waals surface area contributed by atoms with Crippen LogP contribution in [0.3, 0.4) is 0 Å². The van der Waals surface area contributed by atoms with Crippen LogP contribution in [-0.4, -0.2) is 8.42 Å². The van der Waals surface area contributed by atoms with Gasteiger partial charge in [0.15, 0.2) is 0 Å². The number of nitrogens with one attached hydrogen (secondary N) is 1. The highest BCUT2D eigenvalue weighted by molar-refractivity contribution is 9.10. The van der Waals surface area contributed by atoms with Crippen LogP contribution in [0.1, 0.15) is 0 Å². The summed E-state index contributed by atoms with van der Waals surface area (Å²) in [6.45, 7) is 0. The van der Waals surface area contributed by atoms with E-state index in [1.807, 2.05) is 0 Å². The van der Waals surface area contributed by atoms with Gasteiger partial charge in [-0.05, 0) is 46.3 Å². The maximum atomic E-state index is 13.1. The number of anilines is 2. The second kappa shape index (κ2) is 6.00. The monoisotopic (exact) mass is 412 g/mol. The van der Waals surface area contributed by atoms with Gasteiger partial charge in [-0.3, -0.25) is 4.72 Å². The lowest BCUT2D eigenvalue weighted by Crippen LogP contribution is -2.14. The Labute approximate surface area is 139 Å². The van der Waals surface area contributed by atoms with Crippen LogP contribution in [0.15, 0.2) is 39.7 Å². The molecular formula is C12H8BrCl2FN2O2S. The van der Waals surface area contributed by atoms with Crippen LogP contribution in [0.4, 0.5) is 15.8 Å². The Morgan fingerprint density at radius 2 is 1.71 bits per heavy atom. The van der Waals surface area contributed by atoms with Crippen LogP contribution in [0.5, 0.6) is 0 Å².